The topological polar surface area (TPSA) is 61.4 Å². The van der Waals surface area contributed by atoms with Gasteiger partial charge in [0, 0.05) is 6.04 Å². The second-order valence-electron chi connectivity index (χ2n) is 3.52. The molecule has 0 aromatic heterocycles. The van der Waals surface area contributed by atoms with E-state index in [0.717, 1.165) is 6.42 Å². The van der Waals surface area contributed by atoms with E-state index < -0.39 is 0 Å². The lowest BCUT2D eigenvalue weighted by Crippen LogP contribution is -2.43. The van der Waals surface area contributed by atoms with Gasteiger partial charge >= 0.3 is 6.03 Å². The number of urea groups is 1. The van der Waals surface area contributed by atoms with Gasteiger partial charge in [0.05, 0.1) is 12.6 Å². The van der Waals surface area contributed by atoms with Crippen molar-refractivity contribution in [1.29, 1.82) is 0 Å². The third kappa shape index (κ3) is 2.70. The Morgan fingerprint density at radius 2 is 2.33 bits per heavy atom. The van der Waals surface area contributed by atoms with Gasteiger partial charge in [-0.25, -0.2) is 4.79 Å². The summed E-state index contributed by atoms with van der Waals surface area (Å²) in [5.74, 6) is 0.611. The second kappa shape index (κ2) is 3.76. The molecule has 1 rings (SSSR count). The van der Waals surface area contributed by atoms with Crippen molar-refractivity contribution in [2.75, 3.05) is 6.61 Å². The number of carbonyl (C=O) groups excluding carboxylic acids is 1. The molecule has 12 heavy (non-hydrogen) atoms. The van der Waals surface area contributed by atoms with E-state index in [4.69, 9.17) is 5.11 Å². The van der Waals surface area contributed by atoms with Gasteiger partial charge in [0.15, 0.2) is 0 Å². The summed E-state index contributed by atoms with van der Waals surface area (Å²) in [5, 5.41) is 14.1. The highest BCUT2D eigenvalue weighted by molar-refractivity contribution is 5.74. The zero-order valence-electron chi connectivity index (χ0n) is 7.50. The molecule has 0 radical (unpaired) electrons. The van der Waals surface area contributed by atoms with Crippen LogP contribution < -0.4 is 10.6 Å². The van der Waals surface area contributed by atoms with E-state index in [2.05, 4.69) is 17.6 Å². The molecule has 1 fully saturated rings. The number of amides is 2. The molecular formula is C8H16N2O2. The van der Waals surface area contributed by atoms with Crippen molar-refractivity contribution in [3.63, 3.8) is 0 Å². The van der Waals surface area contributed by atoms with Crippen LogP contribution in [-0.2, 0) is 0 Å². The molecule has 70 valence electrons. The van der Waals surface area contributed by atoms with Crippen molar-refractivity contribution in [1.82, 2.24) is 10.6 Å². The van der Waals surface area contributed by atoms with Crippen LogP contribution in [0.4, 0.5) is 4.79 Å². The van der Waals surface area contributed by atoms with E-state index in [9.17, 15) is 4.79 Å². The number of nitrogens with one attached hydrogen (secondary N) is 2. The summed E-state index contributed by atoms with van der Waals surface area (Å²) in [6.07, 6.45) is 1.07. The summed E-state index contributed by atoms with van der Waals surface area (Å²) in [6, 6.07) is 0.000786. The molecule has 1 saturated carbocycles. The molecule has 2 amide bonds. The zero-order chi connectivity index (χ0) is 9.14. The Balaban J connectivity index is 2.12. The van der Waals surface area contributed by atoms with Crippen LogP contribution in [0.3, 0.4) is 0 Å². The van der Waals surface area contributed by atoms with Crippen LogP contribution in [-0.4, -0.2) is 29.8 Å². The van der Waals surface area contributed by atoms with E-state index in [1.807, 2.05) is 0 Å². The van der Waals surface area contributed by atoms with Gasteiger partial charge in [-0.2, -0.15) is 0 Å². The lowest BCUT2D eigenvalue weighted by molar-refractivity contribution is 0.220. The normalized spacial score (nSPS) is 29.2. The maximum atomic E-state index is 11.1. The number of aliphatic hydroxyl groups is 1. The number of aliphatic hydroxyl groups excluding tert-OH is 1. The van der Waals surface area contributed by atoms with Crippen molar-refractivity contribution < 1.29 is 9.90 Å². The molecule has 0 aromatic rings. The van der Waals surface area contributed by atoms with E-state index in [0.29, 0.717) is 12.0 Å². The lowest BCUT2D eigenvalue weighted by atomic mass is 10.4. The average Bonchev–Trinajstić information content (AvgIpc) is 2.66. The Bertz CT molecular complexity index is 164. The Morgan fingerprint density at radius 1 is 1.75 bits per heavy atom. The minimum Gasteiger partial charge on any atom is -0.394 e. The Morgan fingerprint density at radius 3 is 2.75 bits per heavy atom. The first-order valence-electron chi connectivity index (χ1n) is 4.31. The molecular weight excluding hydrogens is 156 g/mol. The fourth-order valence-corrected chi connectivity index (χ4v) is 1.00. The molecule has 0 unspecified atom stereocenters. The van der Waals surface area contributed by atoms with Crippen molar-refractivity contribution in [2.24, 2.45) is 5.92 Å². The van der Waals surface area contributed by atoms with E-state index in [1.165, 1.54) is 0 Å². The molecule has 0 bridgehead atoms. The molecule has 1 aliphatic rings. The largest absolute Gasteiger partial charge is 0.394 e. The molecule has 1 aliphatic carbocycles. The lowest BCUT2D eigenvalue weighted by Gasteiger charge is -2.11. The third-order valence-corrected chi connectivity index (χ3v) is 2.08. The highest BCUT2D eigenvalue weighted by atomic mass is 16.3. The monoisotopic (exact) mass is 172 g/mol. The van der Waals surface area contributed by atoms with Crippen LogP contribution >= 0.6 is 0 Å². The van der Waals surface area contributed by atoms with Gasteiger partial charge in [0.2, 0.25) is 0 Å². The van der Waals surface area contributed by atoms with E-state index >= 15 is 0 Å². The van der Waals surface area contributed by atoms with Gasteiger partial charge in [-0.1, -0.05) is 6.92 Å². The molecule has 4 heteroatoms. The van der Waals surface area contributed by atoms with Gasteiger partial charge in [-0.15, -0.1) is 0 Å². The number of hydrogen-bond donors (Lipinski definition) is 3. The van der Waals surface area contributed by atoms with Crippen LogP contribution in [0, 0.1) is 5.92 Å². The van der Waals surface area contributed by atoms with E-state index in [1.54, 1.807) is 6.92 Å². The highest BCUT2D eigenvalue weighted by Crippen LogP contribution is 2.28. The van der Waals surface area contributed by atoms with Gasteiger partial charge in [-0.05, 0) is 19.3 Å². The fourth-order valence-electron chi connectivity index (χ4n) is 1.00. The van der Waals surface area contributed by atoms with Gasteiger partial charge in [0.1, 0.15) is 0 Å². The second-order valence-corrected chi connectivity index (χ2v) is 3.52. The maximum Gasteiger partial charge on any atom is 0.315 e. The Labute approximate surface area is 72.3 Å². The first-order valence-corrected chi connectivity index (χ1v) is 4.31. The van der Waals surface area contributed by atoms with Crippen molar-refractivity contribution in [3.05, 3.63) is 0 Å². The molecule has 0 spiro atoms. The summed E-state index contributed by atoms with van der Waals surface area (Å²) < 4.78 is 0. The van der Waals surface area contributed by atoms with Crippen LogP contribution in [0.5, 0.6) is 0 Å². The third-order valence-electron chi connectivity index (χ3n) is 2.08. The van der Waals surface area contributed by atoms with Crippen molar-refractivity contribution >= 4 is 6.03 Å². The van der Waals surface area contributed by atoms with Crippen LogP contribution in [0.1, 0.15) is 20.3 Å². The van der Waals surface area contributed by atoms with Crippen molar-refractivity contribution in [3.8, 4) is 0 Å². The average molecular weight is 172 g/mol. The first kappa shape index (κ1) is 9.32. The highest BCUT2D eigenvalue weighted by Gasteiger charge is 2.33. The minimum atomic E-state index is -0.175. The molecule has 0 saturated heterocycles. The summed E-state index contributed by atoms with van der Waals surface area (Å²) >= 11 is 0. The summed E-state index contributed by atoms with van der Waals surface area (Å²) in [7, 11) is 0. The maximum absolute atomic E-state index is 11.1. The standard InChI is InChI=1S/C8H16N2O2/c1-5-3-7(5)10-8(12)9-6(2)4-11/h5-7,11H,3-4H2,1-2H3,(H2,9,10,12)/t5-,6+,7-/m1/s1. The molecule has 0 aliphatic heterocycles. The van der Waals surface area contributed by atoms with Gasteiger partial charge < -0.3 is 15.7 Å². The molecule has 4 nitrogen and oxygen atoms in total. The summed E-state index contributed by atoms with van der Waals surface area (Å²) in [6.45, 7) is 3.84. The summed E-state index contributed by atoms with van der Waals surface area (Å²) in [4.78, 5) is 11.1. The SMILES string of the molecule is C[C@@H]1C[C@H]1NC(=O)N[C@@H](C)CO. The summed E-state index contributed by atoms with van der Waals surface area (Å²) in [5.41, 5.74) is 0. The number of hydrogen-bond acceptors (Lipinski definition) is 2. The predicted octanol–water partition coefficient (Wildman–Crippen LogP) is 0.0748. The molecule has 0 aromatic carbocycles. The smallest absolute Gasteiger partial charge is 0.315 e. The fraction of sp³-hybridized carbons (Fsp3) is 0.875. The van der Waals surface area contributed by atoms with Gasteiger partial charge in [-0.3, -0.25) is 0 Å². The zero-order valence-corrected chi connectivity index (χ0v) is 7.50. The molecule has 0 heterocycles. The number of rotatable bonds is 3. The van der Waals surface area contributed by atoms with E-state index in [-0.39, 0.29) is 18.7 Å². The predicted molar refractivity (Wildman–Crippen MR) is 45.8 cm³/mol. The Kier molecular flexibility index (Phi) is 2.92. The van der Waals surface area contributed by atoms with Crippen LogP contribution in [0.25, 0.3) is 0 Å². The van der Waals surface area contributed by atoms with Gasteiger partial charge in [0.25, 0.3) is 0 Å². The molecule has 3 atom stereocenters. The minimum absolute atomic E-state index is 0.0202. The Hall–Kier alpha value is -0.770. The quantitative estimate of drug-likeness (QED) is 0.564. The molecule has 3 N–H and O–H groups in total. The first-order chi connectivity index (χ1) is 5.63. The van der Waals surface area contributed by atoms with Crippen molar-refractivity contribution in [2.45, 2.75) is 32.4 Å². The van der Waals surface area contributed by atoms with Crippen LogP contribution in [0.2, 0.25) is 0 Å². The van der Waals surface area contributed by atoms with Crippen LogP contribution in [0.15, 0.2) is 0 Å². The number of carbonyl (C=O) groups is 1.